The van der Waals surface area contributed by atoms with Crippen molar-refractivity contribution in [3.05, 3.63) is 59.2 Å². The van der Waals surface area contributed by atoms with Crippen molar-refractivity contribution in [1.82, 2.24) is 9.88 Å². The summed E-state index contributed by atoms with van der Waals surface area (Å²) in [5.41, 5.74) is 5.98. The van der Waals surface area contributed by atoms with Crippen LogP contribution in [-0.2, 0) is 16.8 Å². The molecule has 0 bridgehead atoms. The average molecular weight is 421 g/mol. The van der Waals surface area contributed by atoms with E-state index in [1.807, 2.05) is 34.6 Å². The lowest BCUT2D eigenvalue weighted by molar-refractivity contribution is -0.127. The van der Waals surface area contributed by atoms with Crippen LogP contribution in [0.2, 0.25) is 0 Å². The maximum absolute atomic E-state index is 13.0. The average Bonchev–Trinajstić information content (AvgIpc) is 3.02. The van der Waals surface area contributed by atoms with Gasteiger partial charge in [-0.3, -0.25) is 4.79 Å². The number of carbonyl (C=O) groups excluding carboxylic acids is 1. The molecule has 0 aliphatic rings. The minimum Gasteiger partial charge on any atom is -0.396 e. The Morgan fingerprint density at radius 1 is 0.968 bits per heavy atom. The van der Waals surface area contributed by atoms with Gasteiger partial charge in [-0.2, -0.15) is 0 Å². The van der Waals surface area contributed by atoms with Crippen molar-refractivity contribution >= 4 is 16.8 Å². The SMILES string of the molecule is Cc1cc(C)cc(-c2cc3cc(C(C)(C)C(=O)NC(C)(C)C)ccc3n2CCCO)c1. The number of carbonyl (C=O) groups is 1. The molecule has 0 radical (unpaired) electrons. The second kappa shape index (κ2) is 8.51. The maximum atomic E-state index is 13.0. The first kappa shape index (κ1) is 23.1. The van der Waals surface area contributed by atoms with Gasteiger partial charge in [0.15, 0.2) is 0 Å². The number of nitrogens with one attached hydrogen (secondary N) is 1. The molecule has 166 valence electrons. The minimum absolute atomic E-state index is 0.0218. The quantitative estimate of drug-likeness (QED) is 0.553. The Morgan fingerprint density at radius 3 is 2.19 bits per heavy atom. The lowest BCUT2D eigenvalue weighted by atomic mass is 9.82. The summed E-state index contributed by atoms with van der Waals surface area (Å²) < 4.78 is 2.28. The molecular weight excluding hydrogens is 384 g/mol. The summed E-state index contributed by atoms with van der Waals surface area (Å²) in [4.78, 5) is 13.0. The van der Waals surface area contributed by atoms with E-state index in [1.165, 1.54) is 16.7 Å². The van der Waals surface area contributed by atoms with Gasteiger partial charge in [-0.05, 0) is 96.3 Å². The summed E-state index contributed by atoms with van der Waals surface area (Å²) in [6.45, 7) is 15.1. The van der Waals surface area contributed by atoms with Gasteiger partial charge in [0, 0.05) is 35.3 Å². The molecule has 2 aromatic carbocycles. The van der Waals surface area contributed by atoms with Crippen LogP contribution in [0, 0.1) is 13.8 Å². The highest BCUT2D eigenvalue weighted by Gasteiger charge is 2.32. The van der Waals surface area contributed by atoms with Crippen molar-refractivity contribution in [2.75, 3.05) is 6.61 Å². The highest BCUT2D eigenvalue weighted by Crippen LogP contribution is 2.33. The molecule has 4 nitrogen and oxygen atoms in total. The largest absolute Gasteiger partial charge is 0.396 e. The van der Waals surface area contributed by atoms with Crippen LogP contribution < -0.4 is 5.32 Å². The van der Waals surface area contributed by atoms with Gasteiger partial charge in [-0.1, -0.05) is 23.3 Å². The standard InChI is InChI=1S/C27H36N2O2/c1-18-13-19(2)15-20(14-18)24-17-21-16-22(9-10-23(21)29(24)11-8-12-30)27(6,7)25(31)28-26(3,4)5/h9-10,13-17,30H,8,11-12H2,1-7H3,(H,28,31). The van der Waals surface area contributed by atoms with E-state index in [9.17, 15) is 9.90 Å². The molecule has 0 saturated heterocycles. The van der Waals surface area contributed by atoms with E-state index in [0.29, 0.717) is 6.42 Å². The third kappa shape index (κ3) is 5.01. The molecule has 31 heavy (non-hydrogen) atoms. The number of hydrogen-bond donors (Lipinski definition) is 2. The Kier molecular flexibility index (Phi) is 6.33. The second-order valence-electron chi connectivity index (χ2n) is 10.2. The molecule has 2 N–H and O–H groups in total. The normalized spacial score (nSPS) is 12.4. The number of aliphatic hydroxyl groups excluding tert-OH is 1. The molecule has 0 spiro atoms. The molecule has 4 heteroatoms. The monoisotopic (exact) mass is 420 g/mol. The number of aryl methyl sites for hydroxylation is 3. The van der Waals surface area contributed by atoms with E-state index in [4.69, 9.17) is 0 Å². The Balaban J connectivity index is 2.12. The second-order valence-corrected chi connectivity index (χ2v) is 10.2. The van der Waals surface area contributed by atoms with Crippen LogP contribution in [-0.4, -0.2) is 27.7 Å². The van der Waals surface area contributed by atoms with Gasteiger partial charge >= 0.3 is 0 Å². The van der Waals surface area contributed by atoms with Crippen molar-refractivity contribution < 1.29 is 9.90 Å². The molecule has 3 aromatic rings. The fourth-order valence-electron chi connectivity index (χ4n) is 4.12. The molecule has 0 saturated carbocycles. The zero-order chi connectivity index (χ0) is 23.0. The summed E-state index contributed by atoms with van der Waals surface area (Å²) in [6.07, 6.45) is 0.697. The van der Waals surface area contributed by atoms with E-state index in [-0.39, 0.29) is 18.1 Å². The van der Waals surface area contributed by atoms with Gasteiger partial charge in [0.25, 0.3) is 0 Å². The van der Waals surface area contributed by atoms with Crippen LogP contribution in [0.4, 0.5) is 0 Å². The number of nitrogens with zero attached hydrogens (tertiary/aromatic N) is 1. The molecular formula is C27H36N2O2. The minimum atomic E-state index is -0.644. The number of amides is 1. The fourth-order valence-corrected chi connectivity index (χ4v) is 4.12. The number of hydrogen-bond acceptors (Lipinski definition) is 2. The predicted octanol–water partition coefficient (Wildman–Crippen LogP) is 5.50. The molecule has 1 aromatic heterocycles. The predicted molar refractivity (Wildman–Crippen MR) is 129 cm³/mol. The molecule has 0 aliphatic heterocycles. The van der Waals surface area contributed by atoms with Gasteiger partial charge in [-0.25, -0.2) is 0 Å². The number of fused-ring (bicyclic) bond motifs is 1. The van der Waals surface area contributed by atoms with Crippen LogP contribution in [0.1, 0.15) is 57.7 Å². The first-order chi connectivity index (χ1) is 14.4. The molecule has 1 heterocycles. The number of aromatic nitrogens is 1. The summed E-state index contributed by atoms with van der Waals surface area (Å²) in [7, 11) is 0. The highest BCUT2D eigenvalue weighted by atomic mass is 16.3. The summed E-state index contributed by atoms with van der Waals surface area (Å²) >= 11 is 0. The smallest absolute Gasteiger partial charge is 0.230 e. The van der Waals surface area contributed by atoms with Crippen molar-refractivity contribution in [3.8, 4) is 11.3 Å². The van der Waals surface area contributed by atoms with Crippen LogP contribution in [0.5, 0.6) is 0 Å². The van der Waals surface area contributed by atoms with Crippen LogP contribution in [0.15, 0.2) is 42.5 Å². The Morgan fingerprint density at radius 2 is 1.61 bits per heavy atom. The summed E-state index contributed by atoms with van der Waals surface area (Å²) in [6, 6.07) is 15.1. The first-order valence-electron chi connectivity index (χ1n) is 11.1. The van der Waals surface area contributed by atoms with E-state index in [0.717, 1.165) is 28.7 Å². The van der Waals surface area contributed by atoms with Crippen molar-refractivity contribution in [2.45, 2.75) is 72.4 Å². The van der Waals surface area contributed by atoms with E-state index in [2.05, 4.69) is 66.2 Å². The molecule has 1 amide bonds. The van der Waals surface area contributed by atoms with E-state index in [1.54, 1.807) is 0 Å². The highest BCUT2D eigenvalue weighted by molar-refractivity contribution is 5.92. The summed E-state index contributed by atoms with van der Waals surface area (Å²) in [5.74, 6) is 0.0218. The van der Waals surface area contributed by atoms with Gasteiger partial charge in [-0.15, -0.1) is 0 Å². The van der Waals surface area contributed by atoms with Gasteiger partial charge < -0.3 is 15.0 Å². The Labute approximate surface area is 186 Å². The third-order valence-electron chi connectivity index (χ3n) is 5.74. The topological polar surface area (TPSA) is 54.3 Å². The van der Waals surface area contributed by atoms with Gasteiger partial charge in [0.1, 0.15) is 0 Å². The van der Waals surface area contributed by atoms with Crippen molar-refractivity contribution in [1.29, 1.82) is 0 Å². The zero-order valence-corrected chi connectivity index (χ0v) is 20.0. The van der Waals surface area contributed by atoms with Crippen LogP contribution in [0.3, 0.4) is 0 Å². The first-order valence-corrected chi connectivity index (χ1v) is 11.1. The maximum Gasteiger partial charge on any atom is 0.230 e. The molecule has 0 aliphatic carbocycles. The third-order valence-corrected chi connectivity index (χ3v) is 5.74. The summed E-state index contributed by atoms with van der Waals surface area (Å²) in [5, 5.41) is 13.7. The molecule has 0 atom stereocenters. The van der Waals surface area contributed by atoms with E-state index < -0.39 is 5.41 Å². The van der Waals surface area contributed by atoms with Gasteiger partial charge in [0.2, 0.25) is 5.91 Å². The Bertz CT molecular complexity index is 1080. The zero-order valence-electron chi connectivity index (χ0n) is 20.0. The number of rotatable bonds is 6. The number of aliphatic hydroxyl groups is 1. The molecule has 0 unspecified atom stereocenters. The Hall–Kier alpha value is -2.59. The molecule has 3 rings (SSSR count). The van der Waals surface area contributed by atoms with E-state index >= 15 is 0 Å². The van der Waals surface area contributed by atoms with Crippen LogP contribution >= 0.6 is 0 Å². The van der Waals surface area contributed by atoms with Gasteiger partial charge in [0.05, 0.1) is 5.41 Å². The fraction of sp³-hybridized carbons (Fsp3) is 0.444. The lowest BCUT2D eigenvalue weighted by Crippen LogP contribution is -2.48. The van der Waals surface area contributed by atoms with Crippen molar-refractivity contribution in [3.63, 3.8) is 0 Å². The lowest BCUT2D eigenvalue weighted by Gasteiger charge is -2.30. The number of benzene rings is 2. The van der Waals surface area contributed by atoms with Crippen LogP contribution in [0.25, 0.3) is 22.2 Å². The van der Waals surface area contributed by atoms with Crippen molar-refractivity contribution in [2.24, 2.45) is 0 Å². The molecule has 0 fully saturated rings.